The van der Waals surface area contributed by atoms with E-state index in [0.717, 1.165) is 25.7 Å². The van der Waals surface area contributed by atoms with E-state index in [1.54, 1.807) is 29.9 Å². The first kappa shape index (κ1) is 28.2. The third kappa shape index (κ3) is 4.34. The van der Waals surface area contributed by atoms with Gasteiger partial charge in [0.2, 0.25) is 0 Å². The zero-order valence-electron chi connectivity index (χ0n) is 19.3. The van der Waals surface area contributed by atoms with E-state index in [1.807, 2.05) is 4.90 Å². The fourth-order valence-corrected chi connectivity index (χ4v) is 5.71. The van der Waals surface area contributed by atoms with Gasteiger partial charge < -0.3 is 9.47 Å². The fourth-order valence-electron chi connectivity index (χ4n) is 5.71. The number of benzene rings is 1. The maximum Gasteiger partial charge on any atom is 0.280 e. The quantitative estimate of drug-likeness (QED) is 0.371. The van der Waals surface area contributed by atoms with E-state index in [9.17, 15) is 18.0 Å². The summed E-state index contributed by atoms with van der Waals surface area (Å²) < 4.78 is 45.0. The summed E-state index contributed by atoms with van der Waals surface area (Å²) in [6.07, 6.45) is 3.38. The van der Waals surface area contributed by atoms with Crippen molar-refractivity contribution in [3.63, 3.8) is 0 Å². The molecule has 13 heteroatoms. The first-order valence-corrected chi connectivity index (χ1v) is 11.0. The number of rotatable bonds is 3. The molecule has 2 aliphatic heterocycles. The molecular formula is C23H27F3N6OS3. The predicted octanol–water partition coefficient (Wildman–Crippen LogP) is 4.58. The Morgan fingerprint density at radius 1 is 1.08 bits per heavy atom. The van der Waals surface area contributed by atoms with Gasteiger partial charge in [0, 0.05) is 42.2 Å². The Morgan fingerprint density at radius 3 is 2.58 bits per heavy atom. The van der Waals surface area contributed by atoms with Crippen molar-refractivity contribution in [1.29, 1.82) is 0 Å². The van der Waals surface area contributed by atoms with E-state index in [4.69, 9.17) is 0 Å². The molecule has 1 aromatic carbocycles. The number of hydrogen-bond donors (Lipinski definition) is 0. The third-order valence-electron chi connectivity index (χ3n) is 7.13. The van der Waals surface area contributed by atoms with Gasteiger partial charge in [-0.25, -0.2) is 22.7 Å². The highest BCUT2D eigenvalue weighted by molar-refractivity contribution is 7.59. The first-order valence-electron chi connectivity index (χ1n) is 11.0. The molecule has 0 radical (unpaired) electrons. The molecule has 1 amide bonds. The lowest BCUT2D eigenvalue weighted by molar-refractivity contribution is 0.0553. The van der Waals surface area contributed by atoms with Gasteiger partial charge >= 0.3 is 0 Å². The van der Waals surface area contributed by atoms with Gasteiger partial charge in [-0.1, -0.05) is 0 Å². The number of piperidine rings is 1. The van der Waals surface area contributed by atoms with Gasteiger partial charge in [0.15, 0.2) is 0 Å². The largest absolute Gasteiger partial charge is 0.348 e. The number of hydrogen-bond acceptors (Lipinski definition) is 4. The lowest BCUT2D eigenvalue weighted by Crippen LogP contribution is -2.47. The molecule has 2 fully saturated rings. The van der Waals surface area contributed by atoms with Gasteiger partial charge in [-0.3, -0.25) is 4.79 Å². The minimum Gasteiger partial charge on any atom is -0.348 e. The number of nitrogens with zero attached hydrogens (tertiary/aromatic N) is 6. The lowest BCUT2D eigenvalue weighted by Gasteiger charge is -2.40. The molecule has 0 aliphatic carbocycles. The molecule has 0 unspecified atom stereocenters. The fraction of sp³-hybridized carbons (Fsp3) is 0.391. The Balaban J connectivity index is 0.00000120. The summed E-state index contributed by atoms with van der Waals surface area (Å²) in [5.74, 6) is -0.737. The van der Waals surface area contributed by atoms with Crippen molar-refractivity contribution in [2.75, 3.05) is 0 Å². The van der Waals surface area contributed by atoms with Crippen molar-refractivity contribution in [2.24, 2.45) is 7.05 Å². The van der Waals surface area contributed by atoms with E-state index in [-0.39, 0.29) is 75.9 Å². The summed E-state index contributed by atoms with van der Waals surface area (Å²) in [7, 11) is 1.76. The number of amides is 1. The van der Waals surface area contributed by atoms with E-state index >= 15 is 0 Å². The Hall–Kier alpha value is -2.38. The molecule has 2 aliphatic rings. The van der Waals surface area contributed by atoms with E-state index < -0.39 is 12.2 Å². The van der Waals surface area contributed by atoms with Gasteiger partial charge in [0.25, 0.3) is 18.1 Å². The van der Waals surface area contributed by atoms with Gasteiger partial charge in [0.1, 0.15) is 17.8 Å². The Morgan fingerprint density at radius 2 is 1.83 bits per heavy atom. The SMILES string of the molecule is Cn1ccc2cc(C(=O)N3[C@H]4CC[C@H](c5cc(C(F)F)nc6ncnn56)[C@@H]3CC4)cc(F)c21.S.S.S. The molecule has 0 spiro atoms. The normalized spacial score (nSPS) is 20.8. The molecule has 2 saturated heterocycles. The van der Waals surface area contributed by atoms with Gasteiger partial charge in [-0.05, 0) is 49.9 Å². The van der Waals surface area contributed by atoms with Crippen LogP contribution in [0.3, 0.4) is 0 Å². The number of carbonyl (C=O) groups is 1. The third-order valence-corrected chi connectivity index (χ3v) is 7.13. The van der Waals surface area contributed by atoms with Crippen LogP contribution >= 0.6 is 40.5 Å². The molecule has 3 atom stereocenters. The molecular weight excluding hydrogens is 529 g/mol. The van der Waals surface area contributed by atoms with Crippen LogP contribution in [0, 0.1) is 5.82 Å². The van der Waals surface area contributed by atoms with Gasteiger partial charge in [0.05, 0.1) is 11.2 Å². The average molecular weight is 557 g/mol. The van der Waals surface area contributed by atoms with Crippen LogP contribution in [-0.4, -0.2) is 47.0 Å². The monoisotopic (exact) mass is 556 g/mol. The molecule has 5 heterocycles. The molecule has 0 saturated carbocycles. The smallest absolute Gasteiger partial charge is 0.280 e. The summed E-state index contributed by atoms with van der Waals surface area (Å²) in [6.45, 7) is 0. The Bertz CT molecular complexity index is 1410. The van der Waals surface area contributed by atoms with Gasteiger partial charge in [-0.2, -0.15) is 50.6 Å². The number of alkyl halides is 2. The highest BCUT2D eigenvalue weighted by Gasteiger charge is 2.46. The number of carbonyl (C=O) groups excluding carboxylic acids is 1. The molecule has 7 nitrogen and oxygen atoms in total. The highest BCUT2D eigenvalue weighted by Crippen LogP contribution is 2.45. The van der Waals surface area contributed by atoms with E-state index in [1.165, 1.54) is 23.0 Å². The van der Waals surface area contributed by atoms with Crippen molar-refractivity contribution in [3.05, 3.63) is 59.6 Å². The van der Waals surface area contributed by atoms with Crippen LogP contribution in [0.4, 0.5) is 13.2 Å². The number of aryl methyl sites for hydroxylation is 1. The number of fused-ring (bicyclic) bond motifs is 4. The van der Waals surface area contributed by atoms with Gasteiger partial charge in [-0.15, -0.1) is 0 Å². The van der Waals surface area contributed by atoms with Crippen LogP contribution in [0.2, 0.25) is 0 Å². The van der Waals surface area contributed by atoms with E-state index in [2.05, 4.69) is 15.1 Å². The molecule has 6 rings (SSSR count). The van der Waals surface area contributed by atoms with Crippen molar-refractivity contribution in [3.8, 4) is 0 Å². The van der Waals surface area contributed by atoms with Crippen molar-refractivity contribution >= 4 is 63.1 Å². The predicted molar refractivity (Wildman–Crippen MR) is 145 cm³/mol. The summed E-state index contributed by atoms with van der Waals surface area (Å²) in [4.78, 5) is 23.4. The molecule has 3 aromatic heterocycles. The zero-order valence-corrected chi connectivity index (χ0v) is 22.3. The maximum atomic E-state index is 14.8. The maximum absolute atomic E-state index is 14.8. The van der Waals surface area contributed by atoms with Crippen molar-refractivity contribution in [2.45, 2.75) is 50.1 Å². The second-order valence-electron chi connectivity index (χ2n) is 8.90. The molecule has 2 bridgehead atoms. The van der Waals surface area contributed by atoms with E-state index in [0.29, 0.717) is 22.2 Å². The average Bonchev–Trinajstić information content (AvgIpc) is 3.49. The van der Waals surface area contributed by atoms with Crippen LogP contribution < -0.4 is 0 Å². The summed E-state index contributed by atoms with van der Waals surface area (Å²) in [5, 5.41) is 4.86. The standard InChI is InChI=1S/C23H21F3N6O.3H2S/c1-30-7-6-12-8-13(9-16(24)20(12)30)22(33)31-14-2-4-15(18(31)5-3-14)19-10-17(21(25)26)29-23-27-11-28-32(19)23;;;/h6-11,14-15,18,21H,2-5H2,1H3;3*1H2/t14-,15-,18-;;;/m0.../s1. The van der Waals surface area contributed by atoms with Crippen LogP contribution in [-0.2, 0) is 7.05 Å². The van der Waals surface area contributed by atoms with Crippen LogP contribution in [0.25, 0.3) is 16.7 Å². The lowest BCUT2D eigenvalue weighted by atomic mass is 9.86. The van der Waals surface area contributed by atoms with Crippen LogP contribution in [0.15, 0.2) is 36.8 Å². The summed E-state index contributed by atoms with van der Waals surface area (Å²) in [5.41, 5.74) is 0.995. The minimum absolute atomic E-state index is 0. The zero-order chi connectivity index (χ0) is 22.9. The summed E-state index contributed by atoms with van der Waals surface area (Å²) >= 11 is 0. The van der Waals surface area contributed by atoms with Crippen LogP contribution in [0.5, 0.6) is 0 Å². The Labute approximate surface area is 226 Å². The highest BCUT2D eigenvalue weighted by atomic mass is 32.1. The van der Waals surface area contributed by atoms with Crippen molar-refractivity contribution in [1.82, 2.24) is 29.0 Å². The minimum atomic E-state index is -2.73. The van der Waals surface area contributed by atoms with Crippen molar-refractivity contribution < 1.29 is 18.0 Å². The number of aromatic nitrogens is 5. The second-order valence-corrected chi connectivity index (χ2v) is 8.90. The molecule has 0 N–H and O–H groups in total. The Kier molecular flexibility index (Phi) is 8.26. The topological polar surface area (TPSA) is 68.3 Å². The molecule has 4 aromatic rings. The number of halogens is 3. The molecule has 194 valence electrons. The first-order chi connectivity index (χ1) is 15.9. The van der Waals surface area contributed by atoms with Crippen LogP contribution in [0.1, 0.15) is 59.8 Å². The molecule has 36 heavy (non-hydrogen) atoms. The second kappa shape index (κ2) is 10.5. The summed E-state index contributed by atoms with van der Waals surface area (Å²) in [6, 6.07) is 6.05.